The number of ether oxygens (including phenoxy) is 1. The first kappa shape index (κ1) is 23.4. The first-order valence-corrected chi connectivity index (χ1v) is 13.2. The van der Waals surface area contributed by atoms with Gasteiger partial charge in [-0.3, -0.25) is 14.7 Å². The molecule has 9 heteroatoms. The van der Waals surface area contributed by atoms with Crippen LogP contribution >= 0.6 is 11.6 Å². The number of rotatable bonds is 9. The van der Waals surface area contributed by atoms with Crippen molar-refractivity contribution in [1.82, 2.24) is 14.9 Å². The van der Waals surface area contributed by atoms with Crippen LogP contribution in [0.15, 0.2) is 35.3 Å². The average molecular weight is 507 g/mol. The fourth-order valence-electron chi connectivity index (χ4n) is 6.04. The van der Waals surface area contributed by atoms with Crippen LogP contribution < -0.4 is 15.8 Å². The Morgan fingerprint density at radius 2 is 2.03 bits per heavy atom. The molecule has 0 spiro atoms. The van der Waals surface area contributed by atoms with Crippen LogP contribution in [0.5, 0.6) is 5.75 Å². The van der Waals surface area contributed by atoms with E-state index < -0.39 is 0 Å². The van der Waals surface area contributed by atoms with Crippen molar-refractivity contribution in [2.45, 2.75) is 38.1 Å². The summed E-state index contributed by atoms with van der Waals surface area (Å²) in [6.45, 7) is 3.86. The number of carbonyl (C=O) groups is 1. The summed E-state index contributed by atoms with van der Waals surface area (Å²) in [4.78, 5) is 28.7. The second-order valence-corrected chi connectivity index (χ2v) is 10.6. The Hall–Kier alpha value is -2.97. The standard InChI is InChI=1S/C27H31ClN6O2/c28-19-13-16(3-6-21(19)36-12-11-34-9-1-2-10-34)14-22-31-20-7-8-30-25(20)27(32-22)33-24-18-5-4-17(15-18)23(24)26(29)35/h3-6,8,13,17-18,23-24H,1-2,7,9-12,14-15H2,(H2,29,35)(H,31,32,33). The van der Waals surface area contributed by atoms with Gasteiger partial charge >= 0.3 is 0 Å². The zero-order chi connectivity index (χ0) is 24.6. The van der Waals surface area contributed by atoms with Gasteiger partial charge in [-0.1, -0.05) is 29.8 Å². The number of likely N-dealkylation sites (tertiary alicyclic amines) is 1. The molecule has 36 heavy (non-hydrogen) atoms. The fraction of sp³-hybridized carbons (Fsp3) is 0.481. The maximum Gasteiger partial charge on any atom is 0.223 e. The van der Waals surface area contributed by atoms with Gasteiger partial charge in [0.05, 0.1) is 16.6 Å². The summed E-state index contributed by atoms with van der Waals surface area (Å²) >= 11 is 6.55. The van der Waals surface area contributed by atoms with Crippen LogP contribution in [0, 0.1) is 17.8 Å². The highest BCUT2D eigenvalue weighted by molar-refractivity contribution is 6.32. The maximum absolute atomic E-state index is 12.2. The normalized spacial score (nSPS) is 26.0. The lowest BCUT2D eigenvalue weighted by Crippen LogP contribution is -2.41. The number of anilines is 1. The van der Waals surface area contributed by atoms with E-state index in [1.54, 1.807) is 0 Å². The van der Waals surface area contributed by atoms with Crippen molar-refractivity contribution < 1.29 is 9.53 Å². The molecular weight excluding hydrogens is 476 g/mol. The predicted octanol–water partition coefficient (Wildman–Crippen LogP) is 3.54. The Bertz CT molecular complexity index is 1220. The molecule has 4 aliphatic rings. The molecule has 1 saturated carbocycles. The quantitative estimate of drug-likeness (QED) is 0.504. The Balaban J connectivity index is 1.17. The minimum atomic E-state index is -0.267. The fourth-order valence-corrected chi connectivity index (χ4v) is 6.30. The zero-order valence-electron chi connectivity index (χ0n) is 20.2. The Labute approximate surface area is 216 Å². The van der Waals surface area contributed by atoms with Crippen LogP contribution in [0.3, 0.4) is 0 Å². The van der Waals surface area contributed by atoms with E-state index in [1.165, 1.54) is 12.8 Å². The highest BCUT2D eigenvalue weighted by Gasteiger charge is 2.47. The molecule has 8 nitrogen and oxygen atoms in total. The van der Waals surface area contributed by atoms with Crippen LogP contribution in [-0.2, 0) is 17.6 Å². The highest BCUT2D eigenvalue weighted by atomic mass is 35.5. The van der Waals surface area contributed by atoms with Crippen molar-refractivity contribution in [3.8, 4) is 5.75 Å². The number of benzene rings is 1. The predicted molar refractivity (Wildman–Crippen MR) is 140 cm³/mol. The van der Waals surface area contributed by atoms with Gasteiger partial charge in [-0.2, -0.15) is 0 Å². The molecule has 2 fully saturated rings. The Kier molecular flexibility index (Phi) is 6.39. The number of nitrogens with two attached hydrogens (primary N) is 1. The third-order valence-electron chi connectivity index (χ3n) is 7.82. The summed E-state index contributed by atoms with van der Waals surface area (Å²) in [5, 5.41) is 4.12. The summed E-state index contributed by atoms with van der Waals surface area (Å²) < 4.78 is 5.94. The third-order valence-corrected chi connectivity index (χ3v) is 8.12. The van der Waals surface area contributed by atoms with Gasteiger partial charge in [-0.05, 0) is 61.9 Å². The number of halogens is 1. The number of fused-ring (bicyclic) bond motifs is 3. The third kappa shape index (κ3) is 4.60. The number of nitrogens with one attached hydrogen (secondary N) is 1. The van der Waals surface area contributed by atoms with Gasteiger partial charge in [0.25, 0.3) is 0 Å². The number of carbonyl (C=O) groups excluding carboxylic acids is 1. The number of aromatic nitrogens is 2. The lowest BCUT2D eigenvalue weighted by molar-refractivity contribution is -0.122. The zero-order valence-corrected chi connectivity index (χ0v) is 21.0. The van der Waals surface area contributed by atoms with Crippen molar-refractivity contribution >= 4 is 35.2 Å². The lowest BCUT2D eigenvalue weighted by atomic mass is 9.88. The van der Waals surface area contributed by atoms with Crippen LogP contribution in [-0.4, -0.2) is 59.3 Å². The van der Waals surface area contributed by atoms with E-state index in [0.717, 1.165) is 43.0 Å². The number of allylic oxidation sites excluding steroid dienone is 1. The van der Waals surface area contributed by atoms with Gasteiger partial charge in [0.2, 0.25) is 5.91 Å². The van der Waals surface area contributed by atoms with E-state index in [1.807, 2.05) is 24.4 Å². The molecule has 2 aromatic rings. The molecular formula is C27H31ClN6O2. The molecule has 4 atom stereocenters. The van der Waals surface area contributed by atoms with Crippen LogP contribution in [0.4, 0.5) is 11.5 Å². The number of aliphatic imine (C=N–C) groups is 1. The first-order chi connectivity index (χ1) is 17.5. The number of hydrogen-bond donors (Lipinski definition) is 2. The van der Waals surface area contributed by atoms with Gasteiger partial charge in [0, 0.05) is 31.6 Å². The minimum Gasteiger partial charge on any atom is -0.491 e. The van der Waals surface area contributed by atoms with Crippen molar-refractivity contribution in [2.24, 2.45) is 28.5 Å². The van der Waals surface area contributed by atoms with Gasteiger partial charge in [0.15, 0.2) is 5.82 Å². The second-order valence-electron chi connectivity index (χ2n) is 10.2. The van der Waals surface area contributed by atoms with Crippen LogP contribution in [0.2, 0.25) is 5.02 Å². The number of primary amides is 1. The first-order valence-electron chi connectivity index (χ1n) is 12.9. The van der Waals surface area contributed by atoms with Crippen molar-refractivity contribution in [1.29, 1.82) is 0 Å². The molecule has 2 aliphatic carbocycles. The summed E-state index contributed by atoms with van der Waals surface area (Å²) in [7, 11) is 0. The number of nitrogens with zero attached hydrogens (tertiary/aromatic N) is 4. The summed E-state index contributed by atoms with van der Waals surface area (Å²) in [6.07, 6.45) is 10.8. The van der Waals surface area contributed by atoms with Gasteiger partial charge in [-0.25, -0.2) is 9.97 Å². The summed E-state index contributed by atoms with van der Waals surface area (Å²) in [6, 6.07) is 5.79. The van der Waals surface area contributed by atoms with E-state index >= 15 is 0 Å². The smallest absolute Gasteiger partial charge is 0.223 e. The van der Waals surface area contributed by atoms with Crippen molar-refractivity contribution in [3.63, 3.8) is 0 Å². The number of hydrogen-bond acceptors (Lipinski definition) is 7. The van der Waals surface area contributed by atoms with Crippen LogP contribution in [0.1, 0.15) is 36.3 Å². The maximum atomic E-state index is 12.2. The molecule has 188 valence electrons. The second kappa shape index (κ2) is 9.82. The van der Waals surface area contributed by atoms with Crippen molar-refractivity contribution in [2.75, 3.05) is 31.6 Å². The summed E-state index contributed by atoms with van der Waals surface area (Å²) in [5.41, 5.74) is 8.42. The van der Waals surface area contributed by atoms with E-state index in [2.05, 4.69) is 27.4 Å². The molecule has 4 unspecified atom stereocenters. The van der Waals surface area contributed by atoms with Gasteiger partial charge in [0.1, 0.15) is 23.9 Å². The molecule has 1 aromatic heterocycles. The molecule has 1 saturated heterocycles. The average Bonchev–Trinajstić information content (AvgIpc) is 3.65. The summed E-state index contributed by atoms with van der Waals surface area (Å²) in [5.74, 6) is 2.02. The van der Waals surface area contributed by atoms with Crippen LogP contribution in [0.25, 0.3) is 0 Å². The Morgan fingerprint density at radius 3 is 2.83 bits per heavy atom. The molecule has 1 amide bonds. The van der Waals surface area contributed by atoms with E-state index in [9.17, 15) is 4.79 Å². The molecule has 0 radical (unpaired) electrons. The number of amides is 1. The molecule has 6 rings (SSSR count). The van der Waals surface area contributed by atoms with Gasteiger partial charge < -0.3 is 15.8 Å². The monoisotopic (exact) mass is 506 g/mol. The highest BCUT2D eigenvalue weighted by Crippen LogP contribution is 2.45. The van der Waals surface area contributed by atoms with E-state index in [0.29, 0.717) is 41.9 Å². The van der Waals surface area contributed by atoms with Gasteiger partial charge in [-0.15, -0.1) is 0 Å². The SMILES string of the molecule is NC(=O)C1C2C=CC(C2)C1Nc1nc(Cc2ccc(OCCN3CCCC3)c(Cl)c2)nc2c1N=CC2. The minimum absolute atomic E-state index is 0.0772. The topological polar surface area (TPSA) is 106 Å². The molecule has 3 heterocycles. The van der Waals surface area contributed by atoms with E-state index in [-0.39, 0.29) is 29.7 Å². The molecule has 3 N–H and O–H groups in total. The Morgan fingerprint density at radius 1 is 1.19 bits per heavy atom. The molecule has 1 aromatic carbocycles. The molecule has 2 bridgehead atoms. The van der Waals surface area contributed by atoms with E-state index in [4.69, 9.17) is 32.0 Å². The lowest BCUT2D eigenvalue weighted by Gasteiger charge is -2.27. The molecule has 2 aliphatic heterocycles. The van der Waals surface area contributed by atoms with Crippen molar-refractivity contribution in [3.05, 3.63) is 52.5 Å². The largest absolute Gasteiger partial charge is 0.491 e.